The molecule has 0 fully saturated rings. The fourth-order valence-electron chi connectivity index (χ4n) is 3.15. The zero-order chi connectivity index (χ0) is 26.0. The summed E-state index contributed by atoms with van der Waals surface area (Å²) < 4.78 is 79.0. The molecule has 0 radical (unpaired) electrons. The van der Waals surface area contributed by atoms with Gasteiger partial charge in [0.25, 0.3) is 10.2 Å². The van der Waals surface area contributed by atoms with Crippen molar-refractivity contribution in [3.05, 3.63) is 81.9 Å². The molecule has 3 rings (SSSR count). The summed E-state index contributed by atoms with van der Waals surface area (Å²) in [5, 5.41) is 11.3. The molecule has 8 nitrogen and oxygen atoms in total. The van der Waals surface area contributed by atoms with Crippen LogP contribution in [0.4, 0.5) is 17.6 Å². The van der Waals surface area contributed by atoms with Crippen LogP contribution in [0.25, 0.3) is 5.69 Å². The fraction of sp³-hybridized carbons (Fsp3) is 0.238. The van der Waals surface area contributed by atoms with Gasteiger partial charge in [0.1, 0.15) is 5.82 Å². The summed E-state index contributed by atoms with van der Waals surface area (Å²) in [6.45, 7) is 0.819. The molecule has 0 saturated heterocycles. The number of carbonyl (C=O) groups excluding carboxylic acids is 1. The molecule has 0 spiro atoms. The van der Waals surface area contributed by atoms with E-state index in [-0.39, 0.29) is 35.6 Å². The van der Waals surface area contributed by atoms with E-state index in [0.717, 1.165) is 16.8 Å². The zero-order valence-corrected chi connectivity index (χ0v) is 19.7. The lowest BCUT2D eigenvalue weighted by atomic mass is 9.98. The minimum atomic E-state index is -4.70. The molecule has 0 aliphatic heterocycles. The normalized spacial score (nSPS) is 13.0. The van der Waals surface area contributed by atoms with Crippen LogP contribution in [0.15, 0.2) is 48.5 Å². The minimum Gasteiger partial charge on any atom is -0.350 e. The van der Waals surface area contributed by atoms with E-state index in [1.54, 1.807) is 12.1 Å². The highest BCUT2D eigenvalue weighted by Gasteiger charge is 2.35. The number of alkyl halides is 3. The predicted molar refractivity (Wildman–Crippen MR) is 120 cm³/mol. The van der Waals surface area contributed by atoms with E-state index in [1.807, 2.05) is 4.72 Å². The van der Waals surface area contributed by atoms with E-state index in [2.05, 4.69) is 10.4 Å². The SMILES string of the molecule is CC(C(=O)NCc1cc(C(F)(F)F)nn1-c1cccc(Cl)c1)c1ccc(CNS(N)(=O)=O)c(F)c1. The number of aromatic nitrogens is 2. The summed E-state index contributed by atoms with van der Waals surface area (Å²) in [4.78, 5) is 12.7. The van der Waals surface area contributed by atoms with Crippen LogP contribution in [0, 0.1) is 5.82 Å². The van der Waals surface area contributed by atoms with Gasteiger partial charge in [0.15, 0.2) is 5.69 Å². The Bertz CT molecular complexity index is 1340. The van der Waals surface area contributed by atoms with Crippen LogP contribution in [0.2, 0.25) is 5.02 Å². The van der Waals surface area contributed by atoms with Gasteiger partial charge >= 0.3 is 6.18 Å². The first-order chi connectivity index (χ1) is 16.2. The Labute approximate surface area is 203 Å². The van der Waals surface area contributed by atoms with Crippen molar-refractivity contribution in [3.63, 3.8) is 0 Å². The Morgan fingerprint density at radius 2 is 1.89 bits per heavy atom. The van der Waals surface area contributed by atoms with Gasteiger partial charge in [0, 0.05) is 17.1 Å². The second kappa shape index (κ2) is 10.3. The van der Waals surface area contributed by atoms with Crippen LogP contribution in [-0.2, 0) is 34.3 Å². The Morgan fingerprint density at radius 3 is 2.49 bits per heavy atom. The van der Waals surface area contributed by atoms with Gasteiger partial charge in [0.2, 0.25) is 5.91 Å². The van der Waals surface area contributed by atoms with E-state index in [4.69, 9.17) is 16.7 Å². The third kappa shape index (κ3) is 7.01. The van der Waals surface area contributed by atoms with E-state index in [9.17, 15) is 30.8 Å². The molecular weight excluding hydrogens is 514 g/mol. The summed E-state index contributed by atoms with van der Waals surface area (Å²) in [6, 6.07) is 10.7. The molecule has 1 unspecified atom stereocenters. The van der Waals surface area contributed by atoms with Gasteiger partial charge in [-0.25, -0.2) is 14.2 Å². The number of halogens is 5. The average molecular weight is 534 g/mol. The largest absolute Gasteiger partial charge is 0.435 e. The Kier molecular flexibility index (Phi) is 7.84. The van der Waals surface area contributed by atoms with Gasteiger partial charge < -0.3 is 5.32 Å². The maximum absolute atomic E-state index is 14.4. The van der Waals surface area contributed by atoms with Gasteiger partial charge in [-0.1, -0.05) is 29.8 Å². The molecule has 0 aliphatic rings. The number of hydrogen-bond acceptors (Lipinski definition) is 4. The van der Waals surface area contributed by atoms with Crippen LogP contribution in [-0.4, -0.2) is 24.1 Å². The second-order valence-corrected chi connectivity index (χ2v) is 9.38. The third-order valence-corrected chi connectivity index (χ3v) is 5.79. The summed E-state index contributed by atoms with van der Waals surface area (Å²) in [5.41, 5.74) is -0.522. The van der Waals surface area contributed by atoms with Gasteiger partial charge in [0.05, 0.1) is 23.8 Å². The molecule has 1 atom stereocenters. The molecule has 0 saturated carbocycles. The molecule has 188 valence electrons. The van der Waals surface area contributed by atoms with Crippen molar-refractivity contribution in [2.24, 2.45) is 5.14 Å². The highest BCUT2D eigenvalue weighted by molar-refractivity contribution is 7.87. The van der Waals surface area contributed by atoms with Crippen molar-refractivity contribution < 1.29 is 30.8 Å². The van der Waals surface area contributed by atoms with Crippen molar-refractivity contribution >= 4 is 27.7 Å². The summed E-state index contributed by atoms with van der Waals surface area (Å²) >= 11 is 5.94. The van der Waals surface area contributed by atoms with E-state index >= 15 is 0 Å². The third-order valence-electron chi connectivity index (χ3n) is 5.00. The van der Waals surface area contributed by atoms with Crippen LogP contribution < -0.4 is 15.2 Å². The van der Waals surface area contributed by atoms with Crippen LogP contribution >= 0.6 is 11.6 Å². The lowest BCUT2D eigenvalue weighted by Crippen LogP contribution is -2.30. The molecule has 1 amide bonds. The molecule has 2 aromatic carbocycles. The number of rotatable bonds is 8. The Hall–Kier alpha value is -3.00. The number of nitrogens with zero attached hydrogens (tertiary/aromatic N) is 2. The maximum atomic E-state index is 14.4. The molecule has 0 aliphatic carbocycles. The summed E-state index contributed by atoms with van der Waals surface area (Å²) in [6.07, 6.45) is -4.70. The van der Waals surface area contributed by atoms with Gasteiger partial charge in [-0.15, -0.1) is 0 Å². The number of hydrogen-bond donors (Lipinski definition) is 3. The highest BCUT2D eigenvalue weighted by atomic mass is 35.5. The molecule has 0 bridgehead atoms. The van der Waals surface area contributed by atoms with E-state index < -0.39 is 39.7 Å². The highest BCUT2D eigenvalue weighted by Crippen LogP contribution is 2.30. The van der Waals surface area contributed by atoms with Gasteiger partial charge in [-0.05, 0) is 42.8 Å². The smallest absolute Gasteiger partial charge is 0.350 e. The molecule has 14 heteroatoms. The van der Waals surface area contributed by atoms with Crippen molar-refractivity contribution in [1.29, 1.82) is 0 Å². The fourth-order valence-corrected chi connectivity index (χ4v) is 3.69. The van der Waals surface area contributed by atoms with Crippen LogP contribution in [0.3, 0.4) is 0 Å². The molecule has 1 aromatic heterocycles. The van der Waals surface area contributed by atoms with Crippen molar-refractivity contribution in [2.75, 3.05) is 0 Å². The average Bonchev–Trinajstić information content (AvgIpc) is 3.20. The number of amides is 1. The summed E-state index contributed by atoms with van der Waals surface area (Å²) in [7, 11) is -4.01. The quantitative estimate of drug-likeness (QED) is 0.384. The lowest BCUT2D eigenvalue weighted by Gasteiger charge is -2.15. The first-order valence-electron chi connectivity index (χ1n) is 10.00. The first-order valence-corrected chi connectivity index (χ1v) is 11.9. The van der Waals surface area contributed by atoms with Crippen LogP contribution in [0.1, 0.15) is 35.4 Å². The Morgan fingerprint density at radius 1 is 1.17 bits per heavy atom. The van der Waals surface area contributed by atoms with Crippen molar-refractivity contribution in [1.82, 2.24) is 19.8 Å². The van der Waals surface area contributed by atoms with Crippen molar-refractivity contribution in [2.45, 2.75) is 32.1 Å². The molecule has 1 heterocycles. The molecule has 4 N–H and O–H groups in total. The standard InChI is InChI=1S/C21H20ClF4N5O3S/c1-12(13-5-6-14(18(23)7-13)10-29-35(27,33)34)20(32)28-11-17-9-19(21(24,25)26)30-31(17)16-4-2-3-15(22)8-16/h2-9,12,29H,10-11H2,1H3,(H,28,32)(H2,27,33,34). The summed E-state index contributed by atoms with van der Waals surface area (Å²) in [5.74, 6) is -2.20. The Balaban J connectivity index is 1.76. The van der Waals surface area contributed by atoms with E-state index in [0.29, 0.717) is 5.02 Å². The van der Waals surface area contributed by atoms with Crippen LogP contribution in [0.5, 0.6) is 0 Å². The molecule has 3 aromatic rings. The number of carbonyl (C=O) groups is 1. The predicted octanol–water partition coefficient (Wildman–Crippen LogP) is 3.40. The van der Waals surface area contributed by atoms with Gasteiger partial charge in [-0.2, -0.15) is 31.4 Å². The van der Waals surface area contributed by atoms with E-state index in [1.165, 1.54) is 31.2 Å². The zero-order valence-electron chi connectivity index (χ0n) is 18.1. The number of benzene rings is 2. The monoisotopic (exact) mass is 533 g/mol. The molecular formula is C21H20ClF4N5O3S. The minimum absolute atomic E-state index is 0.0143. The topological polar surface area (TPSA) is 119 Å². The lowest BCUT2D eigenvalue weighted by molar-refractivity contribution is -0.141. The molecule has 35 heavy (non-hydrogen) atoms. The maximum Gasteiger partial charge on any atom is 0.435 e. The second-order valence-electron chi connectivity index (χ2n) is 7.57. The number of nitrogens with two attached hydrogens (primary N) is 1. The van der Waals surface area contributed by atoms with Gasteiger partial charge in [-0.3, -0.25) is 4.79 Å². The number of nitrogens with one attached hydrogen (secondary N) is 2. The van der Waals surface area contributed by atoms with Crippen molar-refractivity contribution in [3.8, 4) is 5.69 Å². The first kappa shape index (κ1) is 26.6.